The lowest BCUT2D eigenvalue weighted by Crippen LogP contribution is -2.10. The predicted molar refractivity (Wildman–Crippen MR) is 71.8 cm³/mol. The smallest absolute Gasteiger partial charge is 0.381 e. The monoisotopic (exact) mass is 314 g/mol. The summed E-state index contributed by atoms with van der Waals surface area (Å²) in [5.74, 6) is -0.493. The molecule has 0 aliphatic heterocycles. The van der Waals surface area contributed by atoms with Crippen molar-refractivity contribution in [2.24, 2.45) is 0 Å². The number of anilines is 1. The summed E-state index contributed by atoms with van der Waals surface area (Å²) in [6.07, 6.45) is -4.85. The van der Waals surface area contributed by atoms with Gasteiger partial charge in [-0.1, -0.05) is 18.2 Å². The fourth-order valence-corrected chi connectivity index (χ4v) is 1.87. The molecule has 0 spiro atoms. The fourth-order valence-electron chi connectivity index (χ4n) is 1.87. The molecular formula is C14H10F4N2O2. The molecule has 22 heavy (non-hydrogen) atoms. The molecule has 2 aromatic rings. The molecule has 2 rings (SSSR count). The molecule has 0 bridgehead atoms. The number of hydrogen-bond donors (Lipinski definition) is 1. The molecule has 0 saturated heterocycles. The minimum Gasteiger partial charge on any atom is -0.381 e. The summed E-state index contributed by atoms with van der Waals surface area (Å²) in [6.45, 7) is -0.0399. The first-order chi connectivity index (χ1) is 10.3. The Hall–Kier alpha value is -2.64. The molecule has 0 amide bonds. The van der Waals surface area contributed by atoms with Gasteiger partial charge in [0.15, 0.2) is 0 Å². The van der Waals surface area contributed by atoms with E-state index in [2.05, 4.69) is 5.32 Å². The molecule has 116 valence electrons. The molecule has 0 aliphatic carbocycles. The average molecular weight is 314 g/mol. The van der Waals surface area contributed by atoms with Crippen molar-refractivity contribution in [1.82, 2.24) is 0 Å². The van der Waals surface area contributed by atoms with Crippen molar-refractivity contribution in [3.05, 3.63) is 69.5 Å². The highest BCUT2D eigenvalue weighted by molar-refractivity contribution is 5.55. The summed E-state index contributed by atoms with van der Waals surface area (Å²) in [6, 6.07) is 8.36. The van der Waals surface area contributed by atoms with Gasteiger partial charge in [0.05, 0.1) is 4.92 Å². The molecule has 0 aliphatic rings. The van der Waals surface area contributed by atoms with Gasteiger partial charge in [-0.3, -0.25) is 10.1 Å². The summed E-state index contributed by atoms with van der Waals surface area (Å²) in [4.78, 5) is 9.55. The van der Waals surface area contributed by atoms with Crippen LogP contribution >= 0.6 is 0 Å². The summed E-state index contributed by atoms with van der Waals surface area (Å²) in [7, 11) is 0. The van der Waals surface area contributed by atoms with Crippen molar-refractivity contribution in [2.75, 3.05) is 5.32 Å². The van der Waals surface area contributed by atoms with E-state index in [1.54, 1.807) is 6.07 Å². The van der Waals surface area contributed by atoms with Crippen molar-refractivity contribution < 1.29 is 22.5 Å². The van der Waals surface area contributed by atoms with E-state index in [0.717, 1.165) is 12.1 Å². The van der Waals surface area contributed by atoms with Crippen LogP contribution in [-0.4, -0.2) is 4.92 Å². The van der Waals surface area contributed by atoms with E-state index in [9.17, 15) is 27.7 Å². The van der Waals surface area contributed by atoms with E-state index >= 15 is 0 Å². The molecule has 1 N–H and O–H groups in total. The Balaban J connectivity index is 2.26. The first-order valence-electron chi connectivity index (χ1n) is 6.12. The van der Waals surface area contributed by atoms with E-state index in [1.165, 1.54) is 18.2 Å². The van der Waals surface area contributed by atoms with Crippen molar-refractivity contribution in [1.29, 1.82) is 0 Å². The van der Waals surface area contributed by atoms with Crippen LogP contribution in [0.25, 0.3) is 0 Å². The second-order valence-electron chi connectivity index (χ2n) is 4.43. The Bertz CT molecular complexity index is 701. The van der Waals surface area contributed by atoms with Gasteiger partial charge in [0.2, 0.25) is 0 Å². The predicted octanol–water partition coefficient (Wildman–Crippen LogP) is 4.36. The number of nitrogens with zero attached hydrogens (tertiary/aromatic N) is 1. The lowest BCUT2D eigenvalue weighted by atomic mass is 10.1. The maximum Gasteiger partial charge on any atom is 0.423 e. The molecule has 4 nitrogen and oxygen atoms in total. The Morgan fingerprint density at radius 2 is 1.82 bits per heavy atom. The fraction of sp³-hybridized carbons (Fsp3) is 0.143. The van der Waals surface area contributed by atoms with Crippen molar-refractivity contribution in [3.63, 3.8) is 0 Å². The van der Waals surface area contributed by atoms with Gasteiger partial charge < -0.3 is 5.32 Å². The lowest BCUT2D eigenvalue weighted by molar-refractivity contribution is -0.388. The number of rotatable bonds is 4. The Morgan fingerprint density at radius 1 is 1.14 bits per heavy atom. The van der Waals surface area contributed by atoms with Gasteiger partial charge in [-0.2, -0.15) is 13.2 Å². The van der Waals surface area contributed by atoms with Gasteiger partial charge in [-0.05, 0) is 18.2 Å². The molecular weight excluding hydrogens is 304 g/mol. The van der Waals surface area contributed by atoms with Crippen LogP contribution in [0.2, 0.25) is 0 Å². The minimum atomic E-state index is -4.85. The van der Waals surface area contributed by atoms with Crippen molar-refractivity contribution in [2.45, 2.75) is 12.7 Å². The zero-order valence-corrected chi connectivity index (χ0v) is 11.0. The second kappa shape index (κ2) is 6.00. The summed E-state index contributed by atoms with van der Waals surface area (Å²) < 4.78 is 51.9. The van der Waals surface area contributed by atoms with Crippen LogP contribution in [0.1, 0.15) is 11.1 Å². The van der Waals surface area contributed by atoms with E-state index in [0.29, 0.717) is 6.07 Å². The lowest BCUT2D eigenvalue weighted by Gasteiger charge is -2.11. The highest BCUT2D eigenvalue weighted by atomic mass is 19.4. The van der Waals surface area contributed by atoms with Crippen LogP contribution < -0.4 is 5.32 Å². The average Bonchev–Trinajstić information content (AvgIpc) is 2.45. The van der Waals surface area contributed by atoms with Crippen LogP contribution in [0, 0.1) is 15.9 Å². The third-order valence-electron chi connectivity index (χ3n) is 2.94. The number of nitro groups is 1. The van der Waals surface area contributed by atoms with Gasteiger partial charge in [-0.15, -0.1) is 0 Å². The normalized spacial score (nSPS) is 11.3. The molecule has 0 radical (unpaired) electrons. The van der Waals surface area contributed by atoms with Crippen LogP contribution in [0.5, 0.6) is 0 Å². The van der Waals surface area contributed by atoms with Crippen LogP contribution in [-0.2, 0) is 12.7 Å². The van der Waals surface area contributed by atoms with E-state index in [1.807, 2.05) is 0 Å². The molecule has 0 atom stereocenters. The van der Waals surface area contributed by atoms with Crippen LogP contribution in [0.15, 0.2) is 42.5 Å². The van der Waals surface area contributed by atoms with Gasteiger partial charge in [0.25, 0.3) is 5.69 Å². The number of alkyl halides is 3. The van der Waals surface area contributed by atoms with E-state index in [-0.39, 0.29) is 17.8 Å². The summed E-state index contributed by atoms with van der Waals surface area (Å²) in [5.41, 5.74) is -2.09. The number of hydrogen-bond acceptors (Lipinski definition) is 3. The third-order valence-corrected chi connectivity index (χ3v) is 2.94. The topological polar surface area (TPSA) is 55.2 Å². The Labute approximate surface area is 122 Å². The molecule has 8 heteroatoms. The van der Waals surface area contributed by atoms with E-state index < -0.39 is 28.2 Å². The minimum absolute atomic E-state index is 0.0150. The molecule has 0 unspecified atom stereocenters. The second-order valence-corrected chi connectivity index (χ2v) is 4.43. The van der Waals surface area contributed by atoms with Crippen molar-refractivity contribution >= 4 is 11.4 Å². The number of benzene rings is 2. The first-order valence-corrected chi connectivity index (χ1v) is 6.12. The largest absolute Gasteiger partial charge is 0.423 e. The number of nitrogens with one attached hydrogen (secondary N) is 1. The van der Waals surface area contributed by atoms with Crippen LogP contribution in [0.4, 0.5) is 28.9 Å². The van der Waals surface area contributed by atoms with Crippen molar-refractivity contribution in [3.8, 4) is 0 Å². The third kappa shape index (κ3) is 3.51. The zero-order valence-electron chi connectivity index (χ0n) is 11.0. The Morgan fingerprint density at radius 3 is 2.41 bits per heavy atom. The SMILES string of the molecule is O=[N+]([O-])c1ccc(NCc2ccccc2F)cc1C(F)(F)F. The highest BCUT2D eigenvalue weighted by Crippen LogP contribution is 2.37. The summed E-state index contributed by atoms with van der Waals surface area (Å²) in [5, 5.41) is 13.3. The molecule has 0 fully saturated rings. The Kier molecular flexibility index (Phi) is 4.30. The highest BCUT2D eigenvalue weighted by Gasteiger charge is 2.38. The van der Waals surface area contributed by atoms with Gasteiger partial charge in [0.1, 0.15) is 11.4 Å². The molecule has 0 saturated carbocycles. The van der Waals surface area contributed by atoms with Crippen LogP contribution in [0.3, 0.4) is 0 Å². The quantitative estimate of drug-likeness (QED) is 0.518. The molecule has 2 aromatic carbocycles. The van der Waals surface area contributed by atoms with Gasteiger partial charge in [-0.25, -0.2) is 4.39 Å². The maximum absolute atomic E-state index is 13.4. The summed E-state index contributed by atoms with van der Waals surface area (Å²) >= 11 is 0. The van der Waals surface area contributed by atoms with Gasteiger partial charge in [0, 0.05) is 23.9 Å². The first kappa shape index (κ1) is 15.7. The number of halogens is 4. The number of nitro benzene ring substituents is 1. The standard InChI is InChI=1S/C14H10F4N2O2/c15-12-4-2-1-3-9(12)8-19-10-5-6-13(20(21)22)11(7-10)14(16,17)18/h1-7,19H,8H2. The van der Waals surface area contributed by atoms with Gasteiger partial charge >= 0.3 is 6.18 Å². The molecule has 0 aromatic heterocycles. The van der Waals surface area contributed by atoms with E-state index in [4.69, 9.17) is 0 Å². The molecule has 0 heterocycles. The maximum atomic E-state index is 13.4. The zero-order chi connectivity index (χ0) is 16.3.